The molecule has 144 valence electrons. The first-order chi connectivity index (χ1) is 13.2. The molecule has 3 rings (SSSR count). The molecule has 0 saturated carbocycles. The van der Waals surface area contributed by atoms with E-state index in [0.29, 0.717) is 6.54 Å². The molecule has 1 aliphatic heterocycles. The van der Waals surface area contributed by atoms with Crippen LogP contribution in [0.1, 0.15) is 61.8 Å². The van der Waals surface area contributed by atoms with Gasteiger partial charge in [-0.2, -0.15) is 0 Å². The minimum absolute atomic E-state index is 0.0187. The van der Waals surface area contributed by atoms with Crippen LogP contribution in [0.2, 0.25) is 0 Å². The number of hydrogen-bond donors (Lipinski definition) is 2. The summed E-state index contributed by atoms with van der Waals surface area (Å²) in [6.07, 6.45) is 9.46. The molecule has 1 aromatic carbocycles. The molecule has 0 spiro atoms. The van der Waals surface area contributed by atoms with E-state index in [1.807, 2.05) is 18.2 Å². The molecular weight excluding hydrogens is 336 g/mol. The van der Waals surface area contributed by atoms with E-state index in [-0.39, 0.29) is 18.0 Å². The van der Waals surface area contributed by atoms with Crippen molar-refractivity contribution in [3.63, 3.8) is 0 Å². The second-order valence-electron chi connectivity index (χ2n) is 7.15. The van der Waals surface area contributed by atoms with Crippen LogP contribution in [0.15, 0.2) is 46.9 Å². The van der Waals surface area contributed by atoms with Crippen LogP contribution in [0.4, 0.5) is 0 Å². The lowest BCUT2D eigenvalue weighted by Gasteiger charge is -2.31. The highest BCUT2D eigenvalue weighted by atomic mass is 16.3. The van der Waals surface area contributed by atoms with Gasteiger partial charge in [0, 0.05) is 6.04 Å². The zero-order chi connectivity index (χ0) is 19.1. The summed E-state index contributed by atoms with van der Waals surface area (Å²) in [4.78, 5) is 11.7. The van der Waals surface area contributed by atoms with Crippen LogP contribution >= 0.6 is 0 Å². The molecule has 2 heterocycles. The molecule has 27 heavy (non-hydrogen) atoms. The van der Waals surface area contributed by atoms with Crippen LogP contribution < -0.4 is 10.6 Å². The predicted octanol–water partition coefficient (Wildman–Crippen LogP) is 4.42. The third-order valence-corrected chi connectivity index (χ3v) is 5.19. The Kier molecular flexibility index (Phi) is 6.88. The summed E-state index contributed by atoms with van der Waals surface area (Å²) in [7, 11) is 0. The summed E-state index contributed by atoms with van der Waals surface area (Å²) >= 11 is 0. The number of carbonyl (C=O) groups excluding carboxylic acids is 1. The zero-order valence-electron chi connectivity index (χ0n) is 16.3. The molecule has 2 unspecified atom stereocenters. The van der Waals surface area contributed by atoms with Crippen molar-refractivity contribution < 1.29 is 9.21 Å². The number of unbranched alkanes of at least 4 members (excludes halogenated alkanes) is 1. The van der Waals surface area contributed by atoms with Gasteiger partial charge in [-0.25, -0.2) is 0 Å². The highest BCUT2D eigenvalue weighted by Gasteiger charge is 2.30. The fraction of sp³-hybridized carbons (Fsp3) is 0.435. The maximum absolute atomic E-state index is 11.7. The van der Waals surface area contributed by atoms with Gasteiger partial charge in [-0.05, 0) is 61.4 Å². The standard InChI is InChI=1S/C23H30N2O2/c1-3-17-10-12-18(13-11-17)8-6-5-7-9-19-14-15-21(27-19)23-20(4-2)24-16-22(26)25-23/h7,9-15,20,23-24H,3-6,8,16H2,1-2H3,(H,25,26)/b9-7+. The molecule has 4 nitrogen and oxygen atoms in total. The van der Waals surface area contributed by atoms with Crippen molar-refractivity contribution in [2.45, 2.75) is 58.0 Å². The minimum Gasteiger partial charge on any atom is -0.459 e. The average Bonchev–Trinajstić information content (AvgIpc) is 3.17. The number of nitrogens with one attached hydrogen (secondary N) is 2. The second kappa shape index (κ2) is 9.56. The Morgan fingerprint density at radius 3 is 2.63 bits per heavy atom. The van der Waals surface area contributed by atoms with Crippen LogP contribution in [0.5, 0.6) is 0 Å². The van der Waals surface area contributed by atoms with Gasteiger partial charge in [0.25, 0.3) is 0 Å². The highest BCUT2D eigenvalue weighted by Crippen LogP contribution is 2.24. The van der Waals surface area contributed by atoms with E-state index in [4.69, 9.17) is 4.42 Å². The number of aryl methyl sites for hydroxylation is 2. The number of benzene rings is 1. The Morgan fingerprint density at radius 2 is 1.89 bits per heavy atom. The molecule has 2 atom stereocenters. The number of rotatable bonds is 8. The van der Waals surface area contributed by atoms with Gasteiger partial charge >= 0.3 is 0 Å². The third-order valence-electron chi connectivity index (χ3n) is 5.19. The number of furan rings is 1. The Morgan fingerprint density at radius 1 is 1.11 bits per heavy atom. The lowest BCUT2D eigenvalue weighted by Crippen LogP contribution is -2.53. The van der Waals surface area contributed by atoms with Gasteiger partial charge in [0.1, 0.15) is 17.6 Å². The first kappa shape index (κ1) is 19.4. The van der Waals surface area contributed by atoms with Gasteiger partial charge in [0.15, 0.2) is 0 Å². The molecule has 2 aromatic rings. The maximum Gasteiger partial charge on any atom is 0.234 e. The second-order valence-corrected chi connectivity index (χ2v) is 7.15. The van der Waals surface area contributed by atoms with Crippen LogP contribution in [-0.2, 0) is 17.6 Å². The highest BCUT2D eigenvalue weighted by molar-refractivity contribution is 5.79. The molecule has 4 heteroatoms. The summed E-state index contributed by atoms with van der Waals surface area (Å²) in [6.45, 7) is 4.67. The van der Waals surface area contributed by atoms with Gasteiger partial charge in [-0.15, -0.1) is 0 Å². The fourth-order valence-electron chi connectivity index (χ4n) is 3.51. The van der Waals surface area contributed by atoms with Crippen LogP contribution in [0.3, 0.4) is 0 Å². The summed E-state index contributed by atoms with van der Waals surface area (Å²) in [6, 6.07) is 13.0. The molecule has 0 aliphatic carbocycles. The SMILES string of the molecule is CCc1ccc(CCC/C=C/c2ccc(C3NC(=O)CNC3CC)o2)cc1. The Hall–Kier alpha value is -2.33. The first-order valence-electron chi connectivity index (χ1n) is 10.1. The van der Waals surface area contributed by atoms with Gasteiger partial charge in [-0.3, -0.25) is 4.79 Å². The molecule has 1 aliphatic rings. The van der Waals surface area contributed by atoms with E-state index in [9.17, 15) is 4.79 Å². The average molecular weight is 367 g/mol. The number of amides is 1. The van der Waals surface area contributed by atoms with E-state index < -0.39 is 0 Å². The summed E-state index contributed by atoms with van der Waals surface area (Å²) in [5, 5.41) is 6.30. The van der Waals surface area contributed by atoms with E-state index in [1.165, 1.54) is 11.1 Å². The van der Waals surface area contributed by atoms with Crippen molar-refractivity contribution in [2.24, 2.45) is 0 Å². The van der Waals surface area contributed by atoms with Crippen molar-refractivity contribution >= 4 is 12.0 Å². The Labute approximate surface area is 162 Å². The molecule has 1 fully saturated rings. The third kappa shape index (κ3) is 5.33. The molecular formula is C23H30N2O2. The Bertz CT molecular complexity index is 761. The van der Waals surface area contributed by atoms with Crippen LogP contribution in [0.25, 0.3) is 6.08 Å². The van der Waals surface area contributed by atoms with Crippen molar-refractivity contribution in [1.82, 2.24) is 10.6 Å². The van der Waals surface area contributed by atoms with Crippen molar-refractivity contribution in [1.29, 1.82) is 0 Å². The van der Waals surface area contributed by atoms with E-state index in [0.717, 1.165) is 43.6 Å². The van der Waals surface area contributed by atoms with Gasteiger partial charge in [0.2, 0.25) is 5.91 Å². The largest absolute Gasteiger partial charge is 0.459 e. The molecule has 0 bridgehead atoms. The van der Waals surface area contributed by atoms with E-state index in [1.54, 1.807) is 0 Å². The smallest absolute Gasteiger partial charge is 0.234 e. The molecule has 0 radical (unpaired) electrons. The minimum atomic E-state index is -0.0931. The summed E-state index contributed by atoms with van der Waals surface area (Å²) < 4.78 is 5.95. The predicted molar refractivity (Wildman–Crippen MR) is 109 cm³/mol. The molecule has 1 amide bonds. The van der Waals surface area contributed by atoms with Gasteiger partial charge < -0.3 is 15.1 Å². The summed E-state index contributed by atoms with van der Waals surface area (Å²) in [5.74, 6) is 1.68. The van der Waals surface area contributed by atoms with Crippen molar-refractivity contribution in [2.75, 3.05) is 6.54 Å². The molecule has 1 saturated heterocycles. The van der Waals surface area contributed by atoms with E-state index in [2.05, 4.69) is 54.8 Å². The Balaban J connectivity index is 1.48. The lowest BCUT2D eigenvalue weighted by molar-refractivity contribution is -0.123. The topological polar surface area (TPSA) is 54.3 Å². The monoisotopic (exact) mass is 366 g/mol. The zero-order valence-corrected chi connectivity index (χ0v) is 16.3. The fourth-order valence-corrected chi connectivity index (χ4v) is 3.51. The van der Waals surface area contributed by atoms with E-state index >= 15 is 0 Å². The number of hydrogen-bond acceptors (Lipinski definition) is 3. The van der Waals surface area contributed by atoms with Gasteiger partial charge in [0.05, 0.1) is 6.54 Å². The normalized spacial score (nSPS) is 20.1. The van der Waals surface area contributed by atoms with Gasteiger partial charge in [-0.1, -0.05) is 44.2 Å². The van der Waals surface area contributed by atoms with Crippen LogP contribution in [0, 0.1) is 0 Å². The first-order valence-corrected chi connectivity index (χ1v) is 10.1. The maximum atomic E-state index is 11.7. The summed E-state index contributed by atoms with van der Waals surface area (Å²) in [5.41, 5.74) is 2.79. The number of carbonyl (C=O) groups is 1. The molecule has 1 aromatic heterocycles. The van der Waals surface area contributed by atoms with Crippen molar-refractivity contribution in [3.8, 4) is 0 Å². The number of piperazine rings is 1. The quantitative estimate of drug-likeness (QED) is 0.680. The molecule has 2 N–H and O–H groups in total. The lowest BCUT2D eigenvalue weighted by atomic mass is 10.0. The van der Waals surface area contributed by atoms with Crippen molar-refractivity contribution in [3.05, 3.63) is 65.1 Å². The van der Waals surface area contributed by atoms with Crippen LogP contribution in [-0.4, -0.2) is 18.5 Å². The number of allylic oxidation sites excluding steroid dienone is 1.